The van der Waals surface area contributed by atoms with Crippen molar-refractivity contribution >= 4 is 45.5 Å². The lowest BCUT2D eigenvalue weighted by atomic mass is 10.1. The summed E-state index contributed by atoms with van der Waals surface area (Å²) in [7, 11) is 0. The van der Waals surface area contributed by atoms with E-state index in [0.29, 0.717) is 22.3 Å². The van der Waals surface area contributed by atoms with E-state index in [9.17, 15) is 14.4 Å². The monoisotopic (exact) mass is 474 g/mol. The molecular weight excluding hydrogens is 456 g/mol. The second-order valence-electron chi connectivity index (χ2n) is 6.34. The zero-order valence-electron chi connectivity index (χ0n) is 16.2. The van der Waals surface area contributed by atoms with Gasteiger partial charge in [0.2, 0.25) is 0 Å². The predicted octanol–water partition coefficient (Wildman–Crippen LogP) is 3.16. The van der Waals surface area contributed by atoms with Gasteiger partial charge in [-0.25, -0.2) is 9.80 Å². The van der Waals surface area contributed by atoms with Gasteiger partial charge in [0.25, 0.3) is 11.8 Å². The summed E-state index contributed by atoms with van der Waals surface area (Å²) in [6.45, 7) is 3.49. The number of para-hydroxylation sites is 1. The standard InChI is InChI=1S/C21H19BrN2O6/c1-3-29-17-11-13(10-16(22)18(17)30-12(2)21(27)28)9-15-19(25)23-24(20(15)26)14-7-5-4-6-8-14/h4-12H,3H2,1-2H3,(H,23,25)(H,27,28)/b15-9-/t12-/m1/s1. The number of aliphatic carboxylic acids is 1. The summed E-state index contributed by atoms with van der Waals surface area (Å²) < 4.78 is 11.5. The molecule has 2 amide bonds. The Morgan fingerprint density at radius 1 is 1.27 bits per heavy atom. The van der Waals surface area contributed by atoms with Crippen LogP contribution in [0.5, 0.6) is 11.5 Å². The maximum Gasteiger partial charge on any atom is 0.344 e. The van der Waals surface area contributed by atoms with Crippen molar-refractivity contribution in [2.45, 2.75) is 20.0 Å². The summed E-state index contributed by atoms with van der Waals surface area (Å²) in [6, 6.07) is 11.9. The number of rotatable bonds is 7. The summed E-state index contributed by atoms with van der Waals surface area (Å²) in [5.74, 6) is -1.62. The number of carboxylic acids is 1. The summed E-state index contributed by atoms with van der Waals surface area (Å²) in [4.78, 5) is 36.2. The quantitative estimate of drug-likeness (QED) is 0.471. The molecule has 3 rings (SSSR count). The highest BCUT2D eigenvalue weighted by Gasteiger charge is 2.34. The van der Waals surface area contributed by atoms with E-state index in [2.05, 4.69) is 21.4 Å². The van der Waals surface area contributed by atoms with Crippen LogP contribution < -0.4 is 19.9 Å². The van der Waals surface area contributed by atoms with Crippen LogP contribution in [0.1, 0.15) is 19.4 Å². The number of carbonyl (C=O) groups is 3. The van der Waals surface area contributed by atoms with E-state index in [1.807, 2.05) is 6.07 Å². The minimum absolute atomic E-state index is 0.0410. The molecule has 0 bridgehead atoms. The van der Waals surface area contributed by atoms with Gasteiger partial charge in [-0.15, -0.1) is 0 Å². The summed E-state index contributed by atoms with van der Waals surface area (Å²) in [5.41, 5.74) is 3.55. The largest absolute Gasteiger partial charge is 0.490 e. The molecule has 0 aliphatic carbocycles. The Labute approximate surface area is 181 Å². The van der Waals surface area contributed by atoms with Crippen molar-refractivity contribution in [1.82, 2.24) is 5.43 Å². The highest BCUT2D eigenvalue weighted by molar-refractivity contribution is 9.10. The number of hydrazine groups is 1. The fourth-order valence-corrected chi connectivity index (χ4v) is 3.31. The van der Waals surface area contributed by atoms with Crippen molar-refractivity contribution in [1.29, 1.82) is 0 Å². The molecule has 2 N–H and O–H groups in total. The Morgan fingerprint density at radius 3 is 2.60 bits per heavy atom. The van der Waals surface area contributed by atoms with Crippen LogP contribution in [0.4, 0.5) is 5.69 Å². The fraction of sp³-hybridized carbons (Fsp3) is 0.190. The molecule has 156 valence electrons. The molecular formula is C21H19BrN2O6. The molecule has 0 aromatic heterocycles. The molecule has 1 saturated heterocycles. The third kappa shape index (κ3) is 4.46. The third-order valence-corrected chi connectivity index (χ3v) is 4.78. The first-order valence-electron chi connectivity index (χ1n) is 9.09. The van der Waals surface area contributed by atoms with Crippen LogP contribution in [-0.4, -0.2) is 35.6 Å². The first kappa shape index (κ1) is 21.4. The second kappa shape index (κ2) is 9.00. The molecule has 2 aromatic rings. The first-order valence-corrected chi connectivity index (χ1v) is 9.89. The van der Waals surface area contributed by atoms with Gasteiger partial charge in [0.05, 0.1) is 16.8 Å². The smallest absolute Gasteiger partial charge is 0.344 e. The number of hydrogen-bond donors (Lipinski definition) is 2. The number of carboxylic acid groups (broad SMARTS) is 1. The topological polar surface area (TPSA) is 105 Å². The van der Waals surface area contributed by atoms with Gasteiger partial charge in [-0.2, -0.15) is 0 Å². The van der Waals surface area contributed by atoms with Crippen LogP contribution in [0, 0.1) is 0 Å². The van der Waals surface area contributed by atoms with Gasteiger partial charge in [-0.3, -0.25) is 15.0 Å². The van der Waals surface area contributed by atoms with Crippen molar-refractivity contribution in [3.05, 3.63) is 58.1 Å². The molecule has 0 saturated carbocycles. The van der Waals surface area contributed by atoms with Crippen LogP contribution in [0.3, 0.4) is 0 Å². The van der Waals surface area contributed by atoms with Crippen molar-refractivity contribution in [3.63, 3.8) is 0 Å². The minimum atomic E-state index is -1.12. The maximum atomic E-state index is 12.7. The maximum absolute atomic E-state index is 12.7. The van der Waals surface area contributed by atoms with Crippen LogP contribution in [0.25, 0.3) is 6.08 Å². The van der Waals surface area contributed by atoms with E-state index in [0.717, 1.165) is 0 Å². The zero-order chi connectivity index (χ0) is 21.8. The van der Waals surface area contributed by atoms with Gasteiger partial charge in [-0.05, 0) is 65.7 Å². The van der Waals surface area contributed by atoms with E-state index in [1.54, 1.807) is 43.3 Å². The predicted molar refractivity (Wildman–Crippen MR) is 113 cm³/mol. The molecule has 8 nitrogen and oxygen atoms in total. The van der Waals surface area contributed by atoms with Crippen molar-refractivity contribution in [2.75, 3.05) is 11.6 Å². The number of ether oxygens (including phenoxy) is 2. The highest BCUT2D eigenvalue weighted by Crippen LogP contribution is 2.38. The normalized spacial score (nSPS) is 15.8. The lowest BCUT2D eigenvalue weighted by molar-refractivity contribution is -0.144. The Bertz CT molecular complexity index is 1020. The molecule has 0 spiro atoms. The van der Waals surface area contributed by atoms with Crippen molar-refractivity contribution in [2.24, 2.45) is 0 Å². The molecule has 0 unspecified atom stereocenters. The Morgan fingerprint density at radius 2 is 1.97 bits per heavy atom. The summed E-state index contributed by atoms with van der Waals surface area (Å²) in [6.07, 6.45) is 0.351. The Hall–Kier alpha value is -3.33. The van der Waals surface area contributed by atoms with Crippen LogP contribution in [-0.2, 0) is 14.4 Å². The van der Waals surface area contributed by atoms with Crippen LogP contribution in [0.15, 0.2) is 52.5 Å². The lowest BCUT2D eigenvalue weighted by Gasteiger charge is -2.17. The number of anilines is 1. The number of nitrogens with one attached hydrogen (secondary N) is 1. The van der Waals surface area contributed by atoms with E-state index in [1.165, 1.54) is 18.0 Å². The zero-order valence-corrected chi connectivity index (χ0v) is 17.8. The first-order chi connectivity index (χ1) is 14.3. The van der Waals surface area contributed by atoms with Crippen molar-refractivity contribution < 1.29 is 29.0 Å². The number of hydrogen-bond acceptors (Lipinski definition) is 5. The van der Waals surface area contributed by atoms with E-state index in [4.69, 9.17) is 14.6 Å². The number of nitrogens with zero attached hydrogens (tertiary/aromatic N) is 1. The average Bonchev–Trinajstić information content (AvgIpc) is 2.99. The summed E-state index contributed by atoms with van der Waals surface area (Å²) >= 11 is 3.35. The molecule has 2 aromatic carbocycles. The molecule has 30 heavy (non-hydrogen) atoms. The number of benzene rings is 2. The molecule has 1 aliphatic rings. The molecule has 1 fully saturated rings. The molecule has 0 radical (unpaired) electrons. The van der Waals surface area contributed by atoms with Gasteiger partial charge >= 0.3 is 5.97 Å². The SMILES string of the molecule is CCOc1cc(/C=C2/C(=O)NN(c3ccccc3)C2=O)cc(Br)c1O[C@H](C)C(=O)O. The molecule has 1 heterocycles. The molecule has 1 atom stereocenters. The van der Waals surface area contributed by atoms with Crippen molar-refractivity contribution in [3.8, 4) is 11.5 Å². The number of carbonyl (C=O) groups excluding carboxylic acids is 2. The van der Waals surface area contributed by atoms with Crippen LogP contribution in [0.2, 0.25) is 0 Å². The van der Waals surface area contributed by atoms with Gasteiger partial charge in [0, 0.05) is 0 Å². The minimum Gasteiger partial charge on any atom is -0.490 e. The second-order valence-corrected chi connectivity index (χ2v) is 7.19. The number of amides is 2. The van der Waals surface area contributed by atoms with Gasteiger partial charge in [-0.1, -0.05) is 18.2 Å². The third-order valence-electron chi connectivity index (χ3n) is 4.19. The molecule has 9 heteroatoms. The highest BCUT2D eigenvalue weighted by atomic mass is 79.9. The van der Waals surface area contributed by atoms with E-state index in [-0.39, 0.29) is 17.1 Å². The van der Waals surface area contributed by atoms with Crippen LogP contribution >= 0.6 is 15.9 Å². The lowest BCUT2D eigenvalue weighted by Crippen LogP contribution is -2.35. The van der Waals surface area contributed by atoms with E-state index < -0.39 is 23.9 Å². The average molecular weight is 475 g/mol. The van der Waals surface area contributed by atoms with E-state index >= 15 is 0 Å². The van der Waals surface area contributed by atoms with Gasteiger partial charge in [0.15, 0.2) is 17.6 Å². The molecule has 1 aliphatic heterocycles. The van der Waals surface area contributed by atoms with Gasteiger partial charge < -0.3 is 14.6 Å². The van der Waals surface area contributed by atoms with Gasteiger partial charge in [0.1, 0.15) is 5.57 Å². The summed E-state index contributed by atoms with van der Waals surface area (Å²) in [5, 5.41) is 10.3. The number of halogens is 1. The Balaban J connectivity index is 1.95. The Kier molecular flexibility index (Phi) is 6.41. The fourth-order valence-electron chi connectivity index (χ4n) is 2.76.